The molecule has 1 atom stereocenters. The van der Waals surface area contributed by atoms with Crippen molar-refractivity contribution < 1.29 is 4.79 Å². The molecular weight excluding hydrogens is 176 g/mol. The number of nitrogens with two attached hydrogens (primary N) is 1. The third-order valence-corrected chi connectivity index (χ3v) is 3.60. The molecule has 1 aliphatic heterocycles. The van der Waals surface area contributed by atoms with Crippen molar-refractivity contribution in [3.8, 4) is 0 Å². The van der Waals surface area contributed by atoms with E-state index in [0.717, 1.165) is 19.4 Å². The summed E-state index contributed by atoms with van der Waals surface area (Å²) in [4.78, 5) is 13.8. The van der Waals surface area contributed by atoms with E-state index in [1.165, 1.54) is 0 Å². The van der Waals surface area contributed by atoms with Gasteiger partial charge < -0.3 is 10.6 Å². The fraction of sp³-hybridized carbons (Fsp3) is 0.909. The molecule has 0 saturated carbocycles. The molecule has 0 bridgehead atoms. The van der Waals surface area contributed by atoms with E-state index in [9.17, 15) is 4.79 Å². The summed E-state index contributed by atoms with van der Waals surface area (Å²) < 4.78 is 0. The van der Waals surface area contributed by atoms with Crippen molar-refractivity contribution in [2.75, 3.05) is 13.1 Å². The summed E-state index contributed by atoms with van der Waals surface area (Å²) in [6.45, 7) is 7.80. The van der Waals surface area contributed by atoms with Crippen molar-refractivity contribution in [2.24, 2.45) is 11.7 Å². The van der Waals surface area contributed by atoms with Gasteiger partial charge in [-0.2, -0.15) is 0 Å². The topological polar surface area (TPSA) is 46.3 Å². The van der Waals surface area contributed by atoms with Gasteiger partial charge in [-0.05, 0) is 25.7 Å². The number of hydrogen-bond donors (Lipinski definition) is 1. The number of carbonyl (C=O) groups excluding carboxylic acids is 1. The molecule has 1 fully saturated rings. The van der Waals surface area contributed by atoms with Gasteiger partial charge in [0.15, 0.2) is 0 Å². The Labute approximate surface area is 86.6 Å². The minimum Gasteiger partial charge on any atom is -0.336 e. The Bertz CT molecular complexity index is 215. The van der Waals surface area contributed by atoms with E-state index in [1.54, 1.807) is 0 Å². The lowest BCUT2D eigenvalue weighted by molar-refractivity contribution is -0.141. The molecule has 1 aliphatic rings. The van der Waals surface area contributed by atoms with Crippen LogP contribution in [0.5, 0.6) is 0 Å². The van der Waals surface area contributed by atoms with E-state index in [2.05, 4.69) is 20.8 Å². The summed E-state index contributed by atoms with van der Waals surface area (Å²) in [5, 5.41) is 0. The van der Waals surface area contributed by atoms with Crippen LogP contribution in [-0.4, -0.2) is 29.4 Å². The number of nitrogens with zero attached hydrogens (tertiary/aromatic N) is 1. The zero-order valence-electron chi connectivity index (χ0n) is 9.55. The molecule has 14 heavy (non-hydrogen) atoms. The third kappa shape index (κ3) is 1.92. The maximum absolute atomic E-state index is 11.8. The Balaban J connectivity index is 2.81. The highest BCUT2D eigenvalue weighted by molar-refractivity contribution is 5.77. The summed E-state index contributed by atoms with van der Waals surface area (Å²) in [5.74, 6) is 0.687. The molecule has 1 rings (SSSR count). The van der Waals surface area contributed by atoms with Gasteiger partial charge in [0, 0.05) is 19.5 Å². The Hall–Kier alpha value is -0.570. The highest BCUT2D eigenvalue weighted by atomic mass is 16.2. The molecule has 1 saturated heterocycles. The third-order valence-electron chi connectivity index (χ3n) is 3.60. The lowest BCUT2D eigenvalue weighted by Crippen LogP contribution is -2.58. The number of hydrogen-bond acceptors (Lipinski definition) is 2. The monoisotopic (exact) mass is 198 g/mol. The van der Waals surface area contributed by atoms with Crippen LogP contribution in [0, 0.1) is 5.92 Å². The number of amides is 1. The Morgan fingerprint density at radius 1 is 1.50 bits per heavy atom. The maximum atomic E-state index is 11.8. The molecule has 1 amide bonds. The molecule has 82 valence electrons. The van der Waals surface area contributed by atoms with Gasteiger partial charge >= 0.3 is 0 Å². The van der Waals surface area contributed by atoms with Crippen molar-refractivity contribution in [3.05, 3.63) is 0 Å². The van der Waals surface area contributed by atoms with Gasteiger partial charge in [0.25, 0.3) is 0 Å². The number of carbonyl (C=O) groups is 1. The van der Waals surface area contributed by atoms with Crippen LogP contribution in [0.25, 0.3) is 0 Å². The highest BCUT2D eigenvalue weighted by Crippen LogP contribution is 2.27. The van der Waals surface area contributed by atoms with E-state index in [1.807, 2.05) is 4.90 Å². The van der Waals surface area contributed by atoms with Gasteiger partial charge in [-0.25, -0.2) is 0 Å². The average Bonchev–Trinajstić information content (AvgIpc) is 2.17. The van der Waals surface area contributed by atoms with E-state index in [4.69, 9.17) is 5.73 Å². The SMILES string of the molecule is CC(C)C(C)(CN)N1CCCCC1=O. The molecule has 2 N–H and O–H groups in total. The van der Waals surface area contributed by atoms with Gasteiger partial charge in [0.1, 0.15) is 0 Å². The second-order valence-electron chi connectivity index (χ2n) is 4.72. The van der Waals surface area contributed by atoms with E-state index >= 15 is 0 Å². The van der Waals surface area contributed by atoms with Gasteiger partial charge in [-0.1, -0.05) is 13.8 Å². The second kappa shape index (κ2) is 4.30. The predicted octanol–water partition coefficient (Wildman–Crippen LogP) is 1.37. The molecule has 0 aromatic rings. The molecule has 0 aromatic carbocycles. The first-order chi connectivity index (χ1) is 6.52. The molecule has 3 heteroatoms. The van der Waals surface area contributed by atoms with Crippen molar-refractivity contribution in [1.29, 1.82) is 0 Å². The van der Waals surface area contributed by atoms with Crippen LogP contribution >= 0.6 is 0 Å². The summed E-state index contributed by atoms with van der Waals surface area (Å²) in [5.41, 5.74) is 5.65. The Morgan fingerprint density at radius 2 is 2.14 bits per heavy atom. The lowest BCUT2D eigenvalue weighted by atomic mass is 9.85. The number of likely N-dealkylation sites (tertiary alicyclic amines) is 1. The van der Waals surface area contributed by atoms with Gasteiger partial charge in [0.05, 0.1) is 5.54 Å². The first kappa shape index (κ1) is 11.5. The predicted molar refractivity (Wildman–Crippen MR) is 57.9 cm³/mol. The molecule has 0 spiro atoms. The highest BCUT2D eigenvalue weighted by Gasteiger charge is 2.37. The molecule has 0 aliphatic carbocycles. The van der Waals surface area contributed by atoms with Crippen molar-refractivity contribution in [2.45, 2.75) is 45.6 Å². The van der Waals surface area contributed by atoms with Crippen LogP contribution in [0.3, 0.4) is 0 Å². The van der Waals surface area contributed by atoms with Gasteiger partial charge in [-0.3, -0.25) is 4.79 Å². The van der Waals surface area contributed by atoms with Crippen LogP contribution in [0.4, 0.5) is 0 Å². The normalized spacial score (nSPS) is 22.6. The van der Waals surface area contributed by atoms with E-state index in [0.29, 0.717) is 18.9 Å². The quantitative estimate of drug-likeness (QED) is 0.744. The summed E-state index contributed by atoms with van der Waals surface area (Å²) >= 11 is 0. The van der Waals surface area contributed by atoms with Crippen LogP contribution in [0.15, 0.2) is 0 Å². The van der Waals surface area contributed by atoms with Crippen LogP contribution in [-0.2, 0) is 4.79 Å². The zero-order chi connectivity index (χ0) is 10.8. The fourth-order valence-electron chi connectivity index (χ4n) is 2.00. The van der Waals surface area contributed by atoms with Crippen LogP contribution in [0.1, 0.15) is 40.0 Å². The van der Waals surface area contributed by atoms with Gasteiger partial charge in [0.2, 0.25) is 5.91 Å². The van der Waals surface area contributed by atoms with Gasteiger partial charge in [-0.15, -0.1) is 0 Å². The standard InChI is InChI=1S/C11H22N2O/c1-9(2)11(3,8-12)13-7-5-4-6-10(13)14/h9H,4-8,12H2,1-3H3. The van der Waals surface area contributed by atoms with Crippen molar-refractivity contribution >= 4 is 5.91 Å². The summed E-state index contributed by atoms with van der Waals surface area (Å²) in [6, 6.07) is 0. The first-order valence-corrected chi connectivity index (χ1v) is 5.53. The minimum atomic E-state index is -0.155. The number of rotatable bonds is 3. The van der Waals surface area contributed by atoms with E-state index < -0.39 is 0 Å². The Kier molecular flexibility index (Phi) is 3.53. The van der Waals surface area contributed by atoms with Crippen LogP contribution in [0.2, 0.25) is 0 Å². The zero-order valence-corrected chi connectivity index (χ0v) is 9.55. The fourth-order valence-corrected chi connectivity index (χ4v) is 2.00. The summed E-state index contributed by atoms with van der Waals surface area (Å²) in [6.07, 6.45) is 2.85. The average molecular weight is 198 g/mol. The first-order valence-electron chi connectivity index (χ1n) is 5.53. The van der Waals surface area contributed by atoms with Crippen molar-refractivity contribution in [1.82, 2.24) is 4.90 Å². The van der Waals surface area contributed by atoms with Crippen LogP contribution < -0.4 is 5.73 Å². The van der Waals surface area contributed by atoms with E-state index in [-0.39, 0.29) is 11.4 Å². The maximum Gasteiger partial charge on any atom is 0.223 e. The molecule has 1 unspecified atom stereocenters. The second-order valence-corrected chi connectivity index (χ2v) is 4.72. The smallest absolute Gasteiger partial charge is 0.223 e. The Morgan fingerprint density at radius 3 is 2.57 bits per heavy atom. The minimum absolute atomic E-state index is 0.155. The lowest BCUT2D eigenvalue weighted by Gasteiger charge is -2.45. The molecular formula is C11H22N2O. The largest absolute Gasteiger partial charge is 0.336 e. The molecule has 3 nitrogen and oxygen atoms in total. The molecule has 0 aromatic heterocycles. The van der Waals surface area contributed by atoms with Crippen molar-refractivity contribution in [3.63, 3.8) is 0 Å². The summed E-state index contributed by atoms with van der Waals surface area (Å²) in [7, 11) is 0. The molecule has 0 radical (unpaired) electrons. The molecule has 1 heterocycles. The number of piperidine rings is 1.